The molecule has 1 aromatic heterocycles. The molecule has 0 radical (unpaired) electrons. The number of carbonyl (C=O) groups excluding carboxylic acids is 1. The van der Waals surface area contributed by atoms with Gasteiger partial charge in [0.15, 0.2) is 0 Å². The third-order valence-corrected chi connectivity index (χ3v) is 3.21. The van der Waals surface area contributed by atoms with Crippen molar-refractivity contribution in [2.45, 2.75) is 13.5 Å². The molecule has 4 heteroatoms. The van der Waals surface area contributed by atoms with Crippen LogP contribution in [0.4, 0.5) is 4.79 Å². The van der Waals surface area contributed by atoms with Gasteiger partial charge in [-0.2, -0.15) is 9.78 Å². The minimum atomic E-state index is -0.213. The van der Waals surface area contributed by atoms with E-state index in [4.69, 9.17) is 0 Å². The summed E-state index contributed by atoms with van der Waals surface area (Å²) in [6.07, 6.45) is 1.71. The fraction of sp³-hybridized carbons (Fsp3) is 0.125. The molecule has 0 bridgehead atoms. The summed E-state index contributed by atoms with van der Waals surface area (Å²) in [6, 6.07) is 15.5. The molecule has 0 unspecified atom stereocenters. The lowest BCUT2D eigenvalue weighted by Crippen LogP contribution is -2.28. The van der Waals surface area contributed by atoms with Crippen LogP contribution in [0.5, 0.6) is 0 Å². The van der Waals surface area contributed by atoms with E-state index in [-0.39, 0.29) is 6.03 Å². The summed E-state index contributed by atoms with van der Waals surface area (Å²) in [5.74, 6) is 0. The number of rotatable bonds is 2. The average molecular weight is 265 g/mol. The fourth-order valence-electron chi connectivity index (χ4n) is 2.14. The maximum absolute atomic E-state index is 12.2. The van der Waals surface area contributed by atoms with Gasteiger partial charge in [0.1, 0.15) is 0 Å². The summed E-state index contributed by atoms with van der Waals surface area (Å²) in [5, 5.41) is 7.99. The SMILES string of the molecule is Cc1ccc2cnn(C(=O)NCc3ccccc3)c2c1. The van der Waals surface area contributed by atoms with E-state index in [1.54, 1.807) is 6.20 Å². The smallest absolute Gasteiger partial charge is 0.332 e. The van der Waals surface area contributed by atoms with E-state index in [1.807, 2.05) is 55.5 Å². The van der Waals surface area contributed by atoms with Gasteiger partial charge in [-0.05, 0) is 24.1 Å². The predicted octanol–water partition coefficient (Wildman–Crippen LogP) is 3.10. The number of aryl methyl sites for hydroxylation is 1. The number of nitrogens with one attached hydrogen (secondary N) is 1. The highest BCUT2D eigenvalue weighted by Crippen LogP contribution is 2.15. The van der Waals surface area contributed by atoms with Crippen molar-refractivity contribution in [3.8, 4) is 0 Å². The molecule has 0 aliphatic carbocycles. The zero-order valence-electron chi connectivity index (χ0n) is 11.2. The molecule has 1 heterocycles. The predicted molar refractivity (Wildman–Crippen MR) is 78.5 cm³/mol. The van der Waals surface area contributed by atoms with Crippen molar-refractivity contribution in [2.75, 3.05) is 0 Å². The molecule has 0 atom stereocenters. The molecule has 1 N–H and O–H groups in total. The van der Waals surface area contributed by atoms with E-state index < -0.39 is 0 Å². The van der Waals surface area contributed by atoms with E-state index in [2.05, 4.69) is 10.4 Å². The van der Waals surface area contributed by atoms with Gasteiger partial charge in [-0.25, -0.2) is 4.79 Å². The van der Waals surface area contributed by atoms with E-state index in [1.165, 1.54) is 4.68 Å². The topological polar surface area (TPSA) is 46.9 Å². The molecule has 0 saturated heterocycles. The number of nitrogens with zero attached hydrogens (tertiary/aromatic N) is 2. The van der Waals surface area contributed by atoms with Crippen LogP contribution in [0, 0.1) is 6.92 Å². The first-order valence-corrected chi connectivity index (χ1v) is 6.50. The van der Waals surface area contributed by atoms with E-state index in [0.29, 0.717) is 6.54 Å². The number of carbonyl (C=O) groups is 1. The largest absolute Gasteiger partial charge is 0.342 e. The molecule has 1 amide bonds. The van der Waals surface area contributed by atoms with Crippen molar-refractivity contribution in [3.05, 3.63) is 65.9 Å². The quantitative estimate of drug-likeness (QED) is 0.774. The summed E-state index contributed by atoms with van der Waals surface area (Å²) in [5.41, 5.74) is 3.00. The Balaban J connectivity index is 1.80. The van der Waals surface area contributed by atoms with Gasteiger partial charge in [0.2, 0.25) is 0 Å². The van der Waals surface area contributed by atoms with Crippen LogP contribution in [0.2, 0.25) is 0 Å². The van der Waals surface area contributed by atoms with Gasteiger partial charge >= 0.3 is 6.03 Å². The molecule has 0 fully saturated rings. The molecule has 0 aliphatic rings. The third-order valence-electron chi connectivity index (χ3n) is 3.21. The average Bonchev–Trinajstić information content (AvgIpc) is 2.89. The van der Waals surface area contributed by atoms with Gasteiger partial charge < -0.3 is 5.32 Å². The lowest BCUT2D eigenvalue weighted by molar-refractivity contribution is 0.240. The number of benzene rings is 2. The van der Waals surface area contributed by atoms with Crippen LogP contribution in [-0.4, -0.2) is 15.8 Å². The van der Waals surface area contributed by atoms with Gasteiger partial charge in [-0.3, -0.25) is 0 Å². The number of fused-ring (bicyclic) bond motifs is 1. The zero-order valence-corrected chi connectivity index (χ0v) is 11.2. The first-order chi connectivity index (χ1) is 9.74. The molecule has 3 rings (SSSR count). The molecule has 20 heavy (non-hydrogen) atoms. The Morgan fingerprint density at radius 1 is 1.20 bits per heavy atom. The molecule has 0 saturated carbocycles. The van der Waals surface area contributed by atoms with Crippen LogP contribution in [0.25, 0.3) is 10.9 Å². The first kappa shape index (κ1) is 12.4. The van der Waals surface area contributed by atoms with Gasteiger partial charge in [0.05, 0.1) is 11.7 Å². The van der Waals surface area contributed by atoms with E-state index in [9.17, 15) is 4.79 Å². The second-order valence-corrected chi connectivity index (χ2v) is 4.76. The first-order valence-electron chi connectivity index (χ1n) is 6.50. The minimum Gasteiger partial charge on any atom is -0.332 e. The highest BCUT2D eigenvalue weighted by atomic mass is 16.2. The van der Waals surface area contributed by atoms with Crippen molar-refractivity contribution in [3.63, 3.8) is 0 Å². The highest BCUT2D eigenvalue weighted by Gasteiger charge is 2.09. The van der Waals surface area contributed by atoms with Crippen LogP contribution >= 0.6 is 0 Å². The molecule has 100 valence electrons. The lowest BCUT2D eigenvalue weighted by atomic mass is 10.2. The number of aromatic nitrogens is 2. The molecule has 2 aromatic carbocycles. The van der Waals surface area contributed by atoms with Crippen molar-refractivity contribution in [2.24, 2.45) is 0 Å². The van der Waals surface area contributed by atoms with Crippen LogP contribution in [0.1, 0.15) is 11.1 Å². The Hall–Kier alpha value is -2.62. The van der Waals surface area contributed by atoms with Crippen LogP contribution in [0.15, 0.2) is 54.7 Å². The zero-order chi connectivity index (χ0) is 13.9. The maximum Gasteiger partial charge on any atom is 0.342 e. The minimum absolute atomic E-state index is 0.213. The van der Waals surface area contributed by atoms with E-state index >= 15 is 0 Å². The Labute approximate surface area is 117 Å². The third kappa shape index (κ3) is 2.40. The van der Waals surface area contributed by atoms with Crippen LogP contribution in [0.3, 0.4) is 0 Å². The summed E-state index contributed by atoms with van der Waals surface area (Å²) in [6.45, 7) is 2.49. The maximum atomic E-state index is 12.2. The van der Waals surface area contributed by atoms with Gasteiger partial charge in [-0.15, -0.1) is 0 Å². The summed E-state index contributed by atoms with van der Waals surface area (Å²) in [7, 11) is 0. The van der Waals surface area contributed by atoms with E-state index in [0.717, 1.165) is 22.0 Å². The summed E-state index contributed by atoms with van der Waals surface area (Å²) in [4.78, 5) is 12.2. The highest BCUT2D eigenvalue weighted by molar-refractivity contribution is 5.90. The monoisotopic (exact) mass is 265 g/mol. The fourth-order valence-corrected chi connectivity index (χ4v) is 2.14. The van der Waals surface area contributed by atoms with Crippen molar-refractivity contribution >= 4 is 16.9 Å². The summed E-state index contributed by atoms with van der Waals surface area (Å²) >= 11 is 0. The number of hydrogen-bond donors (Lipinski definition) is 1. The van der Waals surface area contributed by atoms with Crippen molar-refractivity contribution in [1.29, 1.82) is 0 Å². The lowest BCUT2D eigenvalue weighted by Gasteiger charge is -2.06. The van der Waals surface area contributed by atoms with Crippen molar-refractivity contribution in [1.82, 2.24) is 15.1 Å². The van der Waals surface area contributed by atoms with Crippen LogP contribution in [-0.2, 0) is 6.54 Å². The Bertz CT molecular complexity index is 747. The molecule has 4 nitrogen and oxygen atoms in total. The standard InChI is InChI=1S/C16H15N3O/c1-12-7-8-14-11-18-19(15(14)9-12)16(20)17-10-13-5-3-2-4-6-13/h2-9,11H,10H2,1H3,(H,17,20). The number of hydrogen-bond acceptors (Lipinski definition) is 2. The Morgan fingerprint density at radius 2 is 2.00 bits per heavy atom. The molecular formula is C16H15N3O. The molecular weight excluding hydrogens is 250 g/mol. The normalized spacial score (nSPS) is 10.7. The van der Waals surface area contributed by atoms with Gasteiger partial charge in [-0.1, -0.05) is 42.5 Å². The van der Waals surface area contributed by atoms with Crippen LogP contribution < -0.4 is 5.32 Å². The summed E-state index contributed by atoms with van der Waals surface area (Å²) < 4.78 is 1.41. The second kappa shape index (κ2) is 5.17. The van der Waals surface area contributed by atoms with Gasteiger partial charge in [0.25, 0.3) is 0 Å². The van der Waals surface area contributed by atoms with Gasteiger partial charge in [0, 0.05) is 11.9 Å². The molecule has 3 aromatic rings. The Kier molecular flexibility index (Phi) is 3.21. The van der Waals surface area contributed by atoms with Crippen molar-refractivity contribution < 1.29 is 4.79 Å². The molecule has 0 aliphatic heterocycles. The number of amides is 1. The molecule has 0 spiro atoms. The Morgan fingerprint density at radius 3 is 2.80 bits per heavy atom. The second-order valence-electron chi connectivity index (χ2n) is 4.76.